The van der Waals surface area contributed by atoms with Crippen LogP contribution in [0.25, 0.3) is 5.69 Å². The molecule has 2 aromatic carbocycles. The smallest absolute Gasteiger partial charge is 0.305 e. The van der Waals surface area contributed by atoms with E-state index in [1.165, 1.54) is 10.7 Å². The second kappa shape index (κ2) is 9.25. The summed E-state index contributed by atoms with van der Waals surface area (Å²) in [6.07, 6.45) is -0.251. The molecule has 1 amide bonds. The zero-order chi connectivity index (χ0) is 20.8. The van der Waals surface area contributed by atoms with Gasteiger partial charge in [-0.05, 0) is 24.6 Å². The number of aromatic nitrogens is 2. The number of amides is 1. The number of nitrogens with one attached hydrogen (secondary N) is 1. The number of carbonyl (C=O) groups is 2. The zero-order valence-corrected chi connectivity index (χ0v) is 16.5. The molecule has 0 saturated heterocycles. The van der Waals surface area contributed by atoms with Crippen molar-refractivity contribution in [3.63, 3.8) is 0 Å². The number of aliphatic carboxylic acids is 1. The van der Waals surface area contributed by atoms with Gasteiger partial charge in [0, 0.05) is 6.07 Å². The Morgan fingerprint density at radius 3 is 2.52 bits per heavy atom. The molecule has 0 saturated carbocycles. The maximum atomic E-state index is 12.8. The van der Waals surface area contributed by atoms with Gasteiger partial charge in [0.25, 0.3) is 5.91 Å². The van der Waals surface area contributed by atoms with Crippen LogP contribution < -0.4 is 10.1 Å². The Hall–Kier alpha value is -3.32. The number of halogens is 1. The minimum atomic E-state index is -1.02. The highest BCUT2D eigenvalue weighted by atomic mass is 35.5. The molecule has 1 atom stereocenters. The lowest BCUT2D eigenvalue weighted by atomic mass is 10.0. The van der Waals surface area contributed by atoms with E-state index in [9.17, 15) is 14.7 Å². The van der Waals surface area contributed by atoms with Gasteiger partial charge in [0.2, 0.25) is 5.88 Å². The van der Waals surface area contributed by atoms with Gasteiger partial charge < -0.3 is 15.2 Å². The Kier molecular flexibility index (Phi) is 6.51. The molecule has 0 aliphatic rings. The lowest BCUT2D eigenvalue weighted by molar-refractivity contribution is -0.137. The Balaban J connectivity index is 1.91. The van der Waals surface area contributed by atoms with E-state index < -0.39 is 17.9 Å². The van der Waals surface area contributed by atoms with Crippen LogP contribution in [0.3, 0.4) is 0 Å². The molecule has 2 N–H and O–H groups in total. The van der Waals surface area contributed by atoms with Crippen molar-refractivity contribution in [1.82, 2.24) is 15.1 Å². The average molecular weight is 414 g/mol. The molecule has 8 heteroatoms. The number of rotatable bonds is 8. The summed E-state index contributed by atoms with van der Waals surface area (Å²) in [5.74, 6) is -1.16. The third-order valence-electron chi connectivity index (χ3n) is 4.17. The molecule has 1 aromatic heterocycles. The normalized spacial score (nSPS) is 11.7. The van der Waals surface area contributed by atoms with Gasteiger partial charge >= 0.3 is 5.97 Å². The molecule has 29 heavy (non-hydrogen) atoms. The molecule has 150 valence electrons. The van der Waals surface area contributed by atoms with Gasteiger partial charge in [-0.25, -0.2) is 0 Å². The monoisotopic (exact) mass is 413 g/mol. The van der Waals surface area contributed by atoms with Crippen LogP contribution in [0.15, 0.2) is 60.7 Å². The Labute approximate surface area is 172 Å². The molecule has 3 aromatic rings. The molecule has 0 aliphatic carbocycles. The topological polar surface area (TPSA) is 93.4 Å². The maximum absolute atomic E-state index is 12.8. The first-order valence-electron chi connectivity index (χ1n) is 9.05. The quantitative estimate of drug-likeness (QED) is 0.584. The van der Waals surface area contributed by atoms with Crippen molar-refractivity contribution in [3.05, 3.63) is 76.9 Å². The summed E-state index contributed by atoms with van der Waals surface area (Å²) in [6, 6.07) is 16.8. The third-order valence-corrected chi connectivity index (χ3v) is 4.49. The standard InChI is InChI=1S/C21H20ClN3O4/c1-2-29-19-12-17(24-25(19)18-11-7-6-10-15(18)22)21(28)23-16(13-20(26)27)14-8-4-3-5-9-14/h3-12,16H,2,13H2,1H3,(H,23,28)(H,26,27)/t16-/m0/s1. The van der Waals surface area contributed by atoms with Crippen LogP contribution in [0.4, 0.5) is 0 Å². The van der Waals surface area contributed by atoms with Gasteiger partial charge in [0.15, 0.2) is 5.69 Å². The number of ether oxygens (including phenoxy) is 1. The minimum absolute atomic E-state index is 0.0969. The highest BCUT2D eigenvalue weighted by Crippen LogP contribution is 2.26. The summed E-state index contributed by atoms with van der Waals surface area (Å²) in [7, 11) is 0. The van der Waals surface area contributed by atoms with Gasteiger partial charge in [-0.3, -0.25) is 9.59 Å². The Morgan fingerprint density at radius 1 is 1.17 bits per heavy atom. The van der Waals surface area contributed by atoms with E-state index in [1.54, 1.807) is 48.5 Å². The number of carboxylic acid groups (broad SMARTS) is 1. The van der Waals surface area contributed by atoms with E-state index in [0.717, 1.165) is 0 Å². The van der Waals surface area contributed by atoms with Crippen molar-refractivity contribution in [3.8, 4) is 11.6 Å². The van der Waals surface area contributed by atoms with Crippen molar-refractivity contribution >= 4 is 23.5 Å². The third kappa shape index (κ3) is 4.94. The van der Waals surface area contributed by atoms with Gasteiger partial charge in [-0.15, -0.1) is 0 Å². The van der Waals surface area contributed by atoms with Gasteiger partial charge in [0.1, 0.15) is 0 Å². The summed E-state index contributed by atoms with van der Waals surface area (Å²) in [4.78, 5) is 24.1. The van der Waals surface area contributed by atoms with E-state index in [1.807, 2.05) is 13.0 Å². The van der Waals surface area contributed by atoms with Gasteiger partial charge in [-0.1, -0.05) is 54.1 Å². The summed E-state index contributed by atoms with van der Waals surface area (Å²) in [5.41, 5.74) is 1.36. The van der Waals surface area contributed by atoms with Gasteiger partial charge in [0.05, 0.1) is 29.8 Å². The number of carbonyl (C=O) groups excluding carboxylic acids is 1. The molecule has 0 spiro atoms. The van der Waals surface area contributed by atoms with Crippen LogP contribution in [-0.2, 0) is 4.79 Å². The molecule has 0 bridgehead atoms. The summed E-state index contributed by atoms with van der Waals surface area (Å²) in [6.45, 7) is 2.20. The van der Waals surface area contributed by atoms with Crippen LogP contribution in [0.5, 0.6) is 5.88 Å². The molecule has 0 unspecified atom stereocenters. The van der Waals surface area contributed by atoms with E-state index in [4.69, 9.17) is 16.3 Å². The second-order valence-corrected chi connectivity index (χ2v) is 6.61. The van der Waals surface area contributed by atoms with E-state index in [2.05, 4.69) is 10.4 Å². The van der Waals surface area contributed by atoms with Crippen molar-refractivity contribution in [2.75, 3.05) is 6.61 Å². The zero-order valence-electron chi connectivity index (χ0n) is 15.7. The number of carboxylic acids is 1. The molecular formula is C21H20ClN3O4. The van der Waals surface area contributed by atoms with Gasteiger partial charge in [-0.2, -0.15) is 9.78 Å². The number of nitrogens with zero attached hydrogens (tertiary/aromatic N) is 2. The first kappa shape index (κ1) is 20.4. The number of para-hydroxylation sites is 1. The van der Waals surface area contributed by atoms with Crippen molar-refractivity contribution in [2.45, 2.75) is 19.4 Å². The molecule has 1 heterocycles. The lowest BCUT2D eigenvalue weighted by Gasteiger charge is -2.16. The molecular weight excluding hydrogens is 394 g/mol. The number of hydrogen-bond donors (Lipinski definition) is 2. The fraction of sp³-hybridized carbons (Fsp3) is 0.190. The molecule has 0 fully saturated rings. The van der Waals surface area contributed by atoms with Crippen LogP contribution in [0.2, 0.25) is 5.02 Å². The predicted molar refractivity (Wildman–Crippen MR) is 109 cm³/mol. The SMILES string of the molecule is CCOc1cc(C(=O)N[C@@H](CC(=O)O)c2ccccc2)nn1-c1ccccc1Cl. The lowest BCUT2D eigenvalue weighted by Crippen LogP contribution is -2.30. The highest BCUT2D eigenvalue weighted by Gasteiger charge is 2.22. The second-order valence-electron chi connectivity index (χ2n) is 6.20. The largest absolute Gasteiger partial charge is 0.481 e. The summed E-state index contributed by atoms with van der Waals surface area (Å²) < 4.78 is 7.05. The van der Waals surface area contributed by atoms with Crippen LogP contribution in [-0.4, -0.2) is 33.4 Å². The number of hydrogen-bond acceptors (Lipinski definition) is 4. The molecule has 7 nitrogen and oxygen atoms in total. The molecule has 3 rings (SSSR count). The summed E-state index contributed by atoms with van der Waals surface area (Å²) >= 11 is 6.26. The van der Waals surface area contributed by atoms with Crippen molar-refractivity contribution in [1.29, 1.82) is 0 Å². The highest BCUT2D eigenvalue weighted by molar-refractivity contribution is 6.32. The molecule has 0 radical (unpaired) electrons. The van der Waals surface area contributed by atoms with Crippen molar-refractivity contribution in [2.24, 2.45) is 0 Å². The van der Waals surface area contributed by atoms with Crippen LogP contribution in [0.1, 0.15) is 35.4 Å². The Morgan fingerprint density at radius 2 is 1.86 bits per heavy atom. The number of benzene rings is 2. The fourth-order valence-electron chi connectivity index (χ4n) is 2.87. The summed E-state index contributed by atoms with van der Waals surface area (Å²) in [5, 5.41) is 16.8. The minimum Gasteiger partial charge on any atom is -0.481 e. The maximum Gasteiger partial charge on any atom is 0.305 e. The van der Waals surface area contributed by atoms with Crippen molar-refractivity contribution < 1.29 is 19.4 Å². The van der Waals surface area contributed by atoms with Crippen LogP contribution in [0, 0.1) is 0 Å². The predicted octanol–water partition coefficient (Wildman–Crippen LogP) is 3.87. The first-order chi connectivity index (χ1) is 14.0. The average Bonchev–Trinajstić information content (AvgIpc) is 3.12. The van der Waals surface area contributed by atoms with E-state index >= 15 is 0 Å². The van der Waals surface area contributed by atoms with Crippen LogP contribution >= 0.6 is 11.6 Å². The first-order valence-corrected chi connectivity index (χ1v) is 9.42. The van der Waals surface area contributed by atoms with E-state index in [0.29, 0.717) is 28.8 Å². The molecule has 0 aliphatic heterocycles. The fourth-order valence-corrected chi connectivity index (χ4v) is 3.08. The Bertz CT molecular complexity index is 1000. The van der Waals surface area contributed by atoms with E-state index in [-0.39, 0.29) is 12.1 Å².